The molecule has 1 heterocycles. The molecule has 0 amide bonds. The van der Waals surface area contributed by atoms with Gasteiger partial charge in [-0.2, -0.15) is 0 Å². The van der Waals surface area contributed by atoms with E-state index in [2.05, 4.69) is 4.98 Å². The highest BCUT2D eigenvalue weighted by atomic mass is 35.5. The van der Waals surface area contributed by atoms with E-state index < -0.39 is 12.1 Å². The Morgan fingerprint density at radius 2 is 1.79 bits per heavy atom. The van der Waals surface area contributed by atoms with Crippen molar-refractivity contribution in [1.82, 2.24) is 4.98 Å². The molecular formula is C22H20ClNO4. The number of hydrogen-bond acceptors (Lipinski definition) is 5. The summed E-state index contributed by atoms with van der Waals surface area (Å²) < 4.78 is 10.9. The minimum atomic E-state index is -0.874. The summed E-state index contributed by atoms with van der Waals surface area (Å²) in [4.78, 5) is 28.6. The summed E-state index contributed by atoms with van der Waals surface area (Å²) >= 11 is 5.82. The Labute approximate surface area is 168 Å². The summed E-state index contributed by atoms with van der Waals surface area (Å²) in [7, 11) is 0. The highest BCUT2D eigenvalue weighted by Crippen LogP contribution is 2.21. The van der Waals surface area contributed by atoms with E-state index in [9.17, 15) is 9.59 Å². The van der Waals surface area contributed by atoms with Crippen LogP contribution in [0.25, 0.3) is 11.3 Å². The van der Waals surface area contributed by atoms with Crippen molar-refractivity contribution in [3.8, 4) is 11.3 Å². The van der Waals surface area contributed by atoms with Crippen LogP contribution in [-0.2, 0) is 16.0 Å². The molecule has 28 heavy (non-hydrogen) atoms. The van der Waals surface area contributed by atoms with E-state index in [1.165, 1.54) is 0 Å². The van der Waals surface area contributed by atoms with Crippen molar-refractivity contribution in [1.29, 1.82) is 0 Å². The van der Waals surface area contributed by atoms with Crippen molar-refractivity contribution in [2.24, 2.45) is 0 Å². The monoisotopic (exact) mass is 397 g/mol. The number of esters is 1. The average Bonchev–Trinajstić information content (AvgIpc) is 3.16. The van der Waals surface area contributed by atoms with Gasteiger partial charge in [0.25, 0.3) is 0 Å². The van der Waals surface area contributed by atoms with Crippen LogP contribution < -0.4 is 0 Å². The van der Waals surface area contributed by atoms with Crippen LogP contribution in [0.3, 0.4) is 0 Å². The van der Waals surface area contributed by atoms with Crippen LogP contribution in [0.4, 0.5) is 0 Å². The molecule has 0 aliphatic heterocycles. The zero-order chi connectivity index (χ0) is 20.1. The van der Waals surface area contributed by atoms with Crippen molar-refractivity contribution < 1.29 is 18.7 Å². The second-order valence-corrected chi connectivity index (χ2v) is 6.92. The lowest BCUT2D eigenvalue weighted by Crippen LogP contribution is -2.24. The molecule has 0 saturated heterocycles. The third-order valence-corrected chi connectivity index (χ3v) is 4.49. The van der Waals surface area contributed by atoms with Crippen LogP contribution in [0.15, 0.2) is 59.1 Å². The second kappa shape index (κ2) is 8.85. The largest absolute Gasteiger partial charge is 0.454 e. The van der Waals surface area contributed by atoms with Crippen LogP contribution >= 0.6 is 11.6 Å². The Kier molecular flexibility index (Phi) is 6.26. The number of Topliss-reactive ketones (excluding diaryl/α,β-unsaturated/α-hetero) is 1. The maximum absolute atomic E-state index is 12.3. The maximum atomic E-state index is 12.3. The molecule has 144 valence electrons. The summed E-state index contributed by atoms with van der Waals surface area (Å²) in [5.41, 5.74) is 2.53. The molecule has 0 saturated carbocycles. The lowest BCUT2D eigenvalue weighted by Gasteiger charge is -2.12. The molecule has 3 aromatic rings. The Morgan fingerprint density at radius 1 is 1.11 bits per heavy atom. The predicted octanol–water partition coefficient (Wildman–Crippen LogP) is 5.05. The number of ether oxygens (including phenoxy) is 1. The average molecular weight is 398 g/mol. The van der Waals surface area contributed by atoms with Crippen molar-refractivity contribution in [3.63, 3.8) is 0 Å². The standard InChI is InChI=1S/C22H20ClNO4/c1-14-3-5-16(6-4-14)19-13-24-20(28-19)11-12-21(25)27-15(2)22(26)17-7-9-18(23)10-8-17/h3-10,13,15H,11-12H2,1-2H3. The van der Waals surface area contributed by atoms with Crippen molar-refractivity contribution in [3.05, 3.63) is 76.8 Å². The molecule has 0 aliphatic rings. The number of halogens is 1. The van der Waals surface area contributed by atoms with Gasteiger partial charge in [0.05, 0.1) is 12.6 Å². The summed E-state index contributed by atoms with van der Waals surface area (Å²) in [5.74, 6) is 0.339. The van der Waals surface area contributed by atoms with Gasteiger partial charge < -0.3 is 9.15 Å². The molecule has 5 nitrogen and oxygen atoms in total. The van der Waals surface area contributed by atoms with Gasteiger partial charge in [0.1, 0.15) is 0 Å². The molecule has 0 N–H and O–H groups in total. The van der Waals surface area contributed by atoms with Gasteiger partial charge in [-0.15, -0.1) is 0 Å². The molecule has 0 aliphatic carbocycles. The van der Waals surface area contributed by atoms with Crippen LogP contribution in [0.1, 0.15) is 35.2 Å². The van der Waals surface area contributed by atoms with Crippen molar-refractivity contribution >= 4 is 23.4 Å². The number of aryl methyl sites for hydroxylation is 2. The molecule has 6 heteroatoms. The molecule has 0 spiro atoms. The number of nitrogens with zero attached hydrogens (tertiary/aromatic N) is 1. The first-order chi connectivity index (χ1) is 13.4. The molecular weight excluding hydrogens is 378 g/mol. The lowest BCUT2D eigenvalue weighted by atomic mass is 10.1. The quantitative estimate of drug-likeness (QED) is 0.412. The Hall–Kier alpha value is -2.92. The zero-order valence-electron chi connectivity index (χ0n) is 15.6. The highest BCUT2D eigenvalue weighted by molar-refractivity contribution is 6.30. The number of oxazole rings is 1. The van der Waals surface area contributed by atoms with E-state index in [1.54, 1.807) is 37.4 Å². The molecule has 0 fully saturated rings. The number of rotatable bonds is 7. The van der Waals surface area contributed by atoms with Crippen LogP contribution in [0, 0.1) is 6.92 Å². The molecule has 0 radical (unpaired) electrons. The summed E-state index contributed by atoms with van der Waals surface area (Å²) in [5, 5.41) is 0.539. The fourth-order valence-electron chi connectivity index (χ4n) is 2.64. The minimum absolute atomic E-state index is 0.0755. The summed E-state index contributed by atoms with van der Waals surface area (Å²) in [6, 6.07) is 14.4. The van der Waals surface area contributed by atoms with Gasteiger partial charge in [-0.3, -0.25) is 9.59 Å². The van der Waals surface area contributed by atoms with Crippen molar-refractivity contribution in [2.45, 2.75) is 32.8 Å². The number of carbonyl (C=O) groups is 2. The van der Waals surface area contributed by atoms with E-state index >= 15 is 0 Å². The molecule has 1 aromatic heterocycles. The minimum Gasteiger partial charge on any atom is -0.454 e. The Balaban J connectivity index is 1.52. The van der Waals surface area contributed by atoms with Gasteiger partial charge >= 0.3 is 5.97 Å². The van der Waals surface area contributed by atoms with Gasteiger partial charge in [-0.05, 0) is 38.1 Å². The zero-order valence-corrected chi connectivity index (χ0v) is 16.4. The normalized spacial score (nSPS) is 11.8. The van der Waals surface area contributed by atoms with Gasteiger partial charge in [-0.25, -0.2) is 4.98 Å². The third-order valence-electron chi connectivity index (χ3n) is 4.24. The van der Waals surface area contributed by atoms with E-state index in [0.29, 0.717) is 28.7 Å². The SMILES string of the molecule is Cc1ccc(-c2cnc(CCC(=O)OC(C)C(=O)c3ccc(Cl)cc3)o2)cc1. The number of aromatic nitrogens is 1. The topological polar surface area (TPSA) is 69.4 Å². The van der Waals surface area contributed by atoms with Crippen molar-refractivity contribution in [2.75, 3.05) is 0 Å². The van der Waals surface area contributed by atoms with E-state index in [0.717, 1.165) is 11.1 Å². The predicted molar refractivity (Wildman–Crippen MR) is 106 cm³/mol. The number of hydrogen-bond donors (Lipinski definition) is 0. The first-order valence-corrected chi connectivity index (χ1v) is 9.31. The first-order valence-electron chi connectivity index (χ1n) is 8.93. The molecule has 3 rings (SSSR count). The van der Waals surface area contributed by atoms with Gasteiger partial charge in [0.15, 0.2) is 17.8 Å². The molecule has 1 atom stereocenters. The third kappa shape index (κ3) is 5.08. The highest BCUT2D eigenvalue weighted by Gasteiger charge is 2.20. The lowest BCUT2D eigenvalue weighted by molar-refractivity contribution is -0.146. The Bertz CT molecular complexity index is 961. The Morgan fingerprint density at radius 3 is 2.46 bits per heavy atom. The molecule has 2 aromatic carbocycles. The number of ketones is 1. The van der Waals surface area contributed by atoms with Crippen LogP contribution in [0.5, 0.6) is 0 Å². The fraction of sp³-hybridized carbons (Fsp3) is 0.227. The van der Waals surface area contributed by atoms with Crippen LogP contribution in [-0.4, -0.2) is 22.8 Å². The molecule has 0 bridgehead atoms. The van der Waals surface area contributed by atoms with Gasteiger partial charge in [0.2, 0.25) is 5.78 Å². The smallest absolute Gasteiger partial charge is 0.307 e. The maximum Gasteiger partial charge on any atom is 0.307 e. The van der Waals surface area contributed by atoms with Gasteiger partial charge in [-0.1, -0.05) is 41.4 Å². The summed E-state index contributed by atoms with van der Waals surface area (Å²) in [6.45, 7) is 3.56. The second-order valence-electron chi connectivity index (χ2n) is 6.49. The summed E-state index contributed by atoms with van der Waals surface area (Å²) in [6.07, 6.45) is 1.14. The fourth-order valence-corrected chi connectivity index (χ4v) is 2.77. The van der Waals surface area contributed by atoms with Crippen LogP contribution in [0.2, 0.25) is 5.02 Å². The van der Waals surface area contributed by atoms with E-state index in [1.807, 2.05) is 31.2 Å². The first kappa shape index (κ1) is 19.8. The molecule has 1 unspecified atom stereocenters. The van der Waals surface area contributed by atoms with Gasteiger partial charge in [0, 0.05) is 22.6 Å². The van der Waals surface area contributed by atoms with E-state index in [-0.39, 0.29) is 12.2 Å². The number of benzene rings is 2. The van der Waals surface area contributed by atoms with E-state index in [4.69, 9.17) is 20.8 Å². The number of carbonyl (C=O) groups excluding carboxylic acids is 2.